The normalized spacial score (nSPS) is 15.2. The molecule has 1 rings (SSSR count). The van der Waals surface area contributed by atoms with E-state index in [1.807, 2.05) is 26.2 Å². The van der Waals surface area contributed by atoms with Gasteiger partial charge < -0.3 is 4.90 Å². The lowest BCUT2D eigenvalue weighted by molar-refractivity contribution is 0.413. The summed E-state index contributed by atoms with van der Waals surface area (Å²) in [6, 6.07) is 7.49. The average molecular weight is 226 g/mol. The SMILES string of the molecule is C=S(N)(=O)c1ccc(CCN(C)C)cc1. The molecule has 0 spiro atoms. The minimum Gasteiger partial charge on any atom is -0.309 e. The predicted octanol–water partition coefficient (Wildman–Crippen LogP) is 0.740. The molecular weight excluding hydrogens is 208 g/mol. The molecule has 15 heavy (non-hydrogen) atoms. The summed E-state index contributed by atoms with van der Waals surface area (Å²) in [5.41, 5.74) is 1.22. The molecule has 1 atom stereocenters. The molecule has 0 radical (unpaired) electrons. The number of hydrogen-bond acceptors (Lipinski definition) is 2. The molecule has 84 valence electrons. The number of rotatable bonds is 4. The number of hydrogen-bond donors (Lipinski definition) is 1. The molecule has 0 aliphatic carbocycles. The lowest BCUT2D eigenvalue weighted by Crippen LogP contribution is -2.15. The van der Waals surface area contributed by atoms with E-state index >= 15 is 0 Å². The van der Waals surface area contributed by atoms with Gasteiger partial charge in [-0.2, -0.15) is 0 Å². The fourth-order valence-electron chi connectivity index (χ4n) is 1.24. The summed E-state index contributed by atoms with van der Waals surface area (Å²) in [5.74, 6) is 3.44. The highest BCUT2D eigenvalue weighted by Crippen LogP contribution is 2.09. The van der Waals surface area contributed by atoms with Crippen LogP contribution in [0.25, 0.3) is 0 Å². The molecule has 0 amide bonds. The maximum Gasteiger partial charge on any atom is 0.0507 e. The van der Waals surface area contributed by atoms with E-state index < -0.39 is 9.71 Å². The number of nitrogens with two attached hydrogens (primary N) is 1. The first-order valence-corrected chi connectivity index (χ1v) is 6.57. The van der Waals surface area contributed by atoms with Crippen LogP contribution in [0.5, 0.6) is 0 Å². The molecule has 1 aromatic carbocycles. The minimum absolute atomic E-state index is 0.608. The van der Waals surface area contributed by atoms with Gasteiger partial charge >= 0.3 is 0 Å². The molecule has 0 aliphatic rings. The molecule has 0 heterocycles. The van der Waals surface area contributed by atoms with Gasteiger partial charge in [-0.15, -0.1) is 0 Å². The van der Waals surface area contributed by atoms with E-state index in [0.29, 0.717) is 4.90 Å². The van der Waals surface area contributed by atoms with Crippen molar-refractivity contribution in [2.45, 2.75) is 11.3 Å². The van der Waals surface area contributed by atoms with Gasteiger partial charge in [0.1, 0.15) is 0 Å². The Morgan fingerprint density at radius 2 is 1.87 bits per heavy atom. The molecule has 0 fully saturated rings. The van der Waals surface area contributed by atoms with Crippen molar-refractivity contribution in [3.8, 4) is 0 Å². The van der Waals surface area contributed by atoms with Crippen molar-refractivity contribution in [2.24, 2.45) is 5.14 Å². The third-order valence-electron chi connectivity index (χ3n) is 2.17. The summed E-state index contributed by atoms with van der Waals surface area (Å²) < 4.78 is 11.4. The Bertz CT molecular complexity index is 407. The summed E-state index contributed by atoms with van der Waals surface area (Å²) in [6.45, 7) is 1.00. The van der Waals surface area contributed by atoms with Crippen LogP contribution < -0.4 is 5.14 Å². The fraction of sp³-hybridized carbons (Fsp3) is 0.364. The quantitative estimate of drug-likeness (QED) is 0.770. The van der Waals surface area contributed by atoms with Gasteiger partial charge in [0.15, 0.2) is 0 Å². The van der Waals surface area contributed by atoms with Crippen molar-refractivity contribution in [1.82, 2.24) is 4.90 Å². The zero-order chi connectivity index (χ0) is 11.5. The van der Waals surface area contributed by atoms with Crippen LogP contribution in [0.3, 0.4) is 0 Å². The Balaban J connectivity index is 2.73. The zero-order valence-electron chi connectivity index (χ0n) is 9.27. The van der Waals surface area contributed by atoms with Gasteiger partial charge in [-0.05, 0) is 44.1 Å². The van der Waals surface area contributed by atoms with Crippen LogP contribution in [0.2, 0.25) is 0 Å². The van der Waals surface area contributed by atoms with E-state index in [2.05, 4.69) is 10.8 Å². The highest BCUT2D eigenvalue weighted by molar-refractivity contribution is 7.98. The fourth-order valence-corrected chi connectivity index (χ4v) is 1.84. The number of nitrogens with zero attached hydrogens (tertiary/aromatic N) is 1. The van der Waals surface area contributed by atoms with Crippen molar-refractivity contribution in [3.05, 3.63) is 29.8 Å². The lowest BCUT2D eigenvalue weighted by atomic mass is 10.1. The van der Waals surface area contributed by atoms with Crippen LogP contribution in [-0.2, 0) is 16.1 Å². The number of benzene rings is 1. The summed E-state index contributed by atoms with van der Waals surface area (Å²) in [7, 11) is 1.52. The summed E-state index contributed by atoms with van der Waals surface area (Å²) in [4.78, 5) is 2.73. The smallest absolute Gasteiger partial charge is 0.0507 e. The second-order valence-corrected chi connectivity index (χ2v) is 5.85. The van der Waals surface area contributed by atoms with E-state index in [0.717, 1.165) is 13.0 Å². The van der Waals surface area contributed by atoms with Crippen LogP contribution in [0.15, 0.2) is 29.2 Å². The summed E-state index contributed by atoms with van der Waals surface area (Å²) >= 11 is 0. The van der Waals surface area contributed by atoms with Gasteiger partial charge in [-0.1, -0.05) is 12.1 Å². The molecular formula is C11H18N2OS. The first-order chi connectivity index (χ1) is 6.89. The monoisotopic (exact) mass is 226 g/mol. The molecule has 3 nitrogen and oxygen atoms in total. The predicted molar refractivity (Wildman–Crippen MR) is 66.4 cm³/mol. The summed E-state index contributed by atoms with van der Waals surface area (Å²) in [5, 5.41) is 5.44. The Labute approximate surface area is 92.0 Å². The van der Waals surface area contributed by atoms with Crippen LogP contribution in [0.1, 0.15) is 5.56 Å². The zero-order valence-corrected chi connectivity index (χ0v) is 10.1. The molecule has 0 bridgehead atoms. The maximum atomic E-state index is 11.4. The Hall–Kier alpha value is -0.840. The second-order valence-electron chi connectivity index (χ2n) is 3.92. The van der Waals surface area contributed by atoms with Gasteiger partial charge in [0, 0.05) is 11.4 Å². The Morgan fingerprint density at radius 1 is 1.33 bits per heavy atom. The van der Waals surface area contributed by atoms with Gasteiger partial charge in [-0.25, -0.2) is 4.21 Å². The third-order valence-corrected chi connectivity index (χ3v) is 3.24. The van der Waals surface area contributed by atoms with Gasteiger partial charge in [-0.3, -0.25) is 5.14 Å². The van der Waals surface area contributed by atoms with Crippen molar-refractivity contribution in [3.63, 3.8) is 0 Å². The van der Waals surface area contributed by atoms with E-state index in [1.165, 1.54) is 5.56 Å². The van der Waals surface area contributed by atoms with E-state index in [4.69, 9.17) is 5.14 Å². The molecule has 0 saturated heterocycles. The topological polar surface area (TPSA) is 46.3 Å². The van der Waals surface area contributed by atoms with Gasteiger partial charge in [0.25, 0.3) is 0 Å². The van der Waals surface area contributed by atoms with Crippen molar-refractivity contribution in [1.29, 1.82) is 0 Å². The highest BCUT2D eigenvalue weighted by Gasteiger charge is 2.01. The van der Waals surface area contributed by atoms with Crippen molar-refractivity contribution < 1.29 is 4.21 Å². The van der Waals surface area contributed by atoms with Gasteiger partial charge in [0.05, 0.1) is 9.71 Å². The molecule has 0 aliphatic heterocycles. The van der Waals surface area contributed by atoms with Crippen molar-refractivity contribution in [2.75, 3.05) is 20.6 Å². The van der Waals surface area contributed by atoms with E-state index in [9.17, 15) is 4.21 Å². The van der Waals surface area contributed by atoms with E-state index in [-0.39, 0.29) is 0 Å². The molecule has 1 unspecified atom stereocenters. The van der Waals surface area contributed by atoms with Crippen LogP contribution in [0, 0.1) is 0 Å². The number of likely N-dealkylation sites (N-methyl/N-ethyl adjacent to an activating group) is 1. The molecule has 0 saturated carbocycles. The Kier molecular flexibility index (Phi) is 3.90. The largest absolute Gasteiger partial charge is 0.309 e. The van der Waals surface area contributed by atoms with Gasteiger partial charge in [0.2, 0.25) is 0 Å². The van der Waals surface area contributed by atoms with Crippen LogP contribution in [0.4, 0.5) is 0 Å². The van der Waals surface area contributed by atoms with Crippen molar-refractivity contribution >= 4 is 15.6 Å². The van der Waals surface area contributed by atoms with E-state index in [1.54, 1.807) is 12.1 Å². The Morgan fingerprint density at radius 3 is 2.27 bits per heavy atom. The highest BCUT2D eigenvalue weighted by atomic mass is 32.2. The average Bonchev–Trinajstić information content (AvgIpc) is 2.14. The standard InChI is InChI=1S/C11H18N2OS/c1-13(2)9-8-10-4-6-11(7-5-10)15(3,12)14/h4-7H,3,8-9H2,1-2H3,(H2,12,14). The first kappa shape index (κ1) is 12.2. The molecule has 4 heteroatoms. The third kappa shape index (κ3) is 4.03. The maximum absolute atomic E-state index is 11.4. The van der Waals surface area contributed by atoms with Crippen LogP contribution in [-0.4, -0.2) is 35.6 Å². The molecule has 1 aromatic rings. The molecule has 2 N–H and O–H groups in total. The lowest BCUT2D eigenvalue weighted by Gasteiger charge is -2.09. The minimum atomic E-state index is -2.56. The first-order valence-electron chi connectivity index (χ1n) is 4.78. The second kappa shape index (κ2) is 4.79. The molecule has 0 aromatic heterocycles. The van der Waals surface area contributed by atoms with Crippen LogP contribution >= 0.6 is 0 Å². The summed E-state index contributed by atoms with van der Waals surface area (Å²) in [6.07, 6.45) is 0.982.